The Kier molecular flexibility index (Phi) is 4.18. The van der Waals surface area contributed by atoms with Gasteiger partial charge in [0.15, 0.2) is 0 Å². The molecule has 5 nitrogen and oxygen atoms in total. The van der Waals surface area contributed by atoms with Crippen LogP contribution in [-0.4, -0.2) is 25.5 Å². The topological polar surface area (TPSA) is 60.7 Å². The lowest BCUT2D eigenvalue weighted by molar-refractivity contribution is -0.144. The Bertz CT molecular complexity index is 876. The Hall–Kier alpha value is -2.55. The summed E-state index contributed by atoms with van der Waals surface area (Å²) in [6, 6.07) is 11.4. The molecular formula is C15H8BrF3N4O. The highest BCUT2D eigenvalue weighted by molar-refractivity contribution is 9.10. The Labute approximate surface area is 142 Å². The van der Waals surface area contributed by atoms with Crippen molar-refractivity contribution < 1.29 is 18.0 Å². The summed E-state index contributed by atoms with van der Waals surface area (Å²) in [6.07, 6.45) is -3.39. The average Bonchev–Trinajstić information content (AvgIpc) is 2.97. The number of alkyl halides is 3. The van der Waals surface area contributed by atoms with Crippen LogP contribution in [0.3, 0.4) is 0 Å². The highest BCUT2D eigenvalue weighted by atomic mass is 79.9. The molecule has 0 amide bonds. The van der Waals surface area contributed by atoms with Crippen molar-refractivity contribution in [1.82, 2.24) is 19.7 Å². The van der Waals surface area contributed by atoms with Gasteiger partial charge in [-0.15, -0.1) is 5.10 Å². The molecule has 0 saturated carbocycles. The number of pyridine rings is 1. The zero-order valence-electron chi connectivity index (χ0n) is 11.8. The van der Waals surface area contributed by atoms with Crippen LogP contribution in [0, 0.1) is 0 Å². The van der Waals surface area contributed by atoms with Crippen LogP contribution in [0.1, 0.15) is 21.9 Å². The SMILES string of the molecule is O=C(c1ccccc1)c1ccc(-n2nc(C(F)(F)F)nc2Br)cn1. The lowest BCUT2D eigenvalue weighted by atomic mass is 10.1. The van der Waals surface area contributed by atoms with E-state index in [1.165, 1.54) is 18.3 Å². The van der Waals surface area contributed by atoms with Crippen LogP contribution in [0.2, 0.25) is 0 Å². The van der Waals surface area contributed by atoms with Crippen molar-refractivity contribution in [2.24, 2.45) is 0 Å². The van der Waals surface area contributed by atoms with E-state index in [1.807, 2.05) is 0 Å². The second-order valence-corrected chi connectivity index (χ2v) is 5.42. The van der Waals surface area contributed by atoms with E-state index < -0.39 is 12.0 Å². The molecule has 0 atom stereocenters. The van der Waals surface area contributed by atoms with Gasteiger partial charge in [-0.2, -0.15) is 18.2 Å². The standard InChI is InChI=1S/C15H8BrF3N4O/c16-14-21-13(15(17,18)19)22-23(14)10-6-7-11(20-8-10)12(24)9-4-2-1-3-5-9/h1-8H. The number of halogens is 4. The van der Waals surface area contributed by atoms with Crippen molar-refractivity contribution in [2.45, 2.75) is 6.18 Å². The minimum Gasteiger partial charge on any atom is -0.287 e. The van der Waals surface area contributed by atoms with E-state index in [2.05, 4.69) is 31.0 Å². The summed E-state index contributed by atoms with van der Waals surface area (Å²) in [5.41, 5.74) is 0.894. The molecule has 3 aromatic rings. The average molecular weight is 397 g/mol. The van der Waals surface area contributed by atoms with E-state index in [0.29, 0.717) is 5.56 Å². The van der Waals surface area contributed by atoms with Gasteiger partial charge in [-0.1, -0.05) is 30.3 Å². The molecule has 0 aliphatic heterocycles. The summed E-state index contributed by atoms with van der Waals surface area (Å²) in [5.74, 6) is -1.55. The first-order valence-electron chi connectivity index (χ1n) is 6.62. The largest absolute Gasteiger partial charge is 0.453 e. The second-order valence-electron chi connectivity index (χ2n) is 4.71. The second kappa shape index (κ2) is 6.16. The van der Waals surface area contributed by atoms with E-state index in [1.54, 1.807) is 30.3 Å². The highest BCUT2D eigenvalue weighted by Crippen LogP contribution is 2.28. The van der Waals surface area contributed by atoms with Gasteiger partial charge in [-0.3, -0.25) is 9.78 Å². The summed E-state index contributed by atoms with van der Waals surface area (Å²) in [7, 11) is 0. The molecule has 1 aromatic carbocycles. The smallest absolute Gasteiger partial charge is 0.287 e. The Morgan fingerprint density at radius 2 is 1.79 bits per heavy atom. The molecular weight excluding hydrogens is 389 g/mol. The van der Waals surface area contributed by atoms with E-state index in [0.717, 1.165) is 4.68 Å². The predicted molar refractivity (Wildman–Crippen MR) is 81.7 cm³/mol. The number of benzene rings is 1. The van der Waals surface area contributed by atoms with Crippen molar-refractivity contribution in [1.29, 1.82) is 0 Å². The molecule has 3 rings (SSSR count). The summed E-state index contributed by atoms with van der Waals surface area (Å²) in [6.45, 7) is 0. The fraction of sp³-hybridized carbons (Fsp3) is 0.0667. The molecule has 0 N–H and O–H groups in total. The molecule has 0 saturated heterocycles. The maximum absolute atomic E-state index is 12.6. The Balaban J connectivity index is 1.90. The fourth-order valence-electron chi connectivity index (χ4n) is 1.96. The van der Waals surface area contributed by atoms with Crippen LogP contribution in [-0.2, 0) is 6.18 Å². The van der Waals surface area contributed by atoms with E-state index >= 15 is 0 Å². The molecule has 0 bridgehead atoms. The number of aromatic nitrogens is 4. The number of hydrogen-bond acceptors (Lipinski definition) is 4. The number of ketones is 1. The lowest BCUT2D eigenvalue weighted by Gasteiger charge is -2.04. The van der Waals surface area contributed by atoms with Crippen molar-refractivity contribution in [2.75, 3.05) is 0 Å². The molecule has 2 aromatic heterocycles. The molecule has 0 aliphatic carbocycles. The zero-order chi connectivity index (χ0) is 17.3. The van der Waals surface area contributed by atoms with Crippen LogP contribution in [0.25, 0.3) is 5.69 Å². The highest BCUT2D eigenvalue weighted by Gasteiger charge is 2.37. The Morgan fingerprint density at radius 3 is 2.33 bits per heavy atom. The van der Waals surface area contributed by atoms with Crippen molar-refractivity contribution in [3.8, 4) is 5.69 Å². The zero-order valence-corrected chi connectivity index (χ0v) is 13.4. The Morgan fingerprint density at radius 1 is 1.08 bits per heavy atom. The molecule has 2 heterocycles. The van der Waals surface area contributed by atoms with Gasteiger partial charge >= 0.3 is 6.18 Å². The van der Waals surface area contributed by atoms with Crippen LogP contribution in [0.15, 0.2) is 53.4 Å². The van der Waals surface area contributed by atoms with E-state index in [4.69, 9.17) is 0 Å². The molecule has 0 spiro atoms. The van der Waals surface area contributed by atoms with Gasteiger partial charge in [-0.05, 0) is 28.1 Å². The molecule has 0 unspecified atom stereocenters. The molecule has 122 valence electrons. The molecule has 0 radical (unpaired) electrons. The minimum atomic E-state index is -4.65. The van der Waals surface area contributed by atoms with Crippen molar-refractivity contribution >= 4 is 21.7 Å². The van der Waals surface area contributed by atoms with Gasteiger partial charge in [0.25, 0.3) is 5.82 Å². The summed E-state index contributed by atoms with van der Waals surface area (Å²) in [5, 5.41) is 3.39. The summed E-state index contributed by atoms with van der Waals surface area (Å²) < 4.78 is 38.7. The van der Waals surface area contributed by atoms with E-state index in [9.17, 15) is 18.0 Å². The first kappa shape index (κ1) is 16.3. The fourth-order valence-corrected chi connectivity index (χ4v) is 2.41. The van der Waals surface area contributed by atoms with Crippen LogP contribution in [0.4, 0.5) is 13.2 Å². The van der Waals surface area contributed by atoms with Gasteiger partial charge in [-0.25, -0.2) is 4.68 Å². The van der Waals surface area contributed by atoms with Crippen molar-refractivity contribution in [3.05, 3.63) is 70.5 Å². The minimum absolute atomic E-state index is 0.112. The molecule has 0 aliphatic rings. The van der Waals surface area contributed by atoms with E-state index in [-0.39, 0.29) is 21.9 Å². The number of carbonyl (C=O) groups is 1. The third kappa shape index (κ3) is 3.21. The van der Waals surface area contributed by atoms with Crippen LogP contribution in [0.5, 0.6) is 0 Å². The van der Waals surface area contributed by atoms with Gasteiger partial charge in [0.1, 0.15) is 5.69 Å². The molecule has 24 heavy (non-hydrogen) atoms. The predicted octanol–water partition coefficient (Wildman–Crippen LogP) is 3.67. The molecule has 0 fully saturated rings. The third-order valence-electron chi connectivity index (χ3n) is 3.08. The van der Waals surface area contributed by atoms with Crippen LogP contribution >= 0.6 is 15.9 Å². The first-order chi connectivity index (χ1) is 11.4. The van der Waals surface area contributed by atoms with Gasteiger partial charge in [0.2, 0.25) is 10.5 Å². The van der Waals surface area contributed by atoms with Gasteiger partial charge < -0.3 is 0 Å². The molecule has 9 heteroatoms. The quantitative estimate of drug-likeness (QED) is 0.633. The van der Waals surface area contributed by atoms with Crippen molar-refractivity contribution in [3.63, 3.8) is 0 Å². The summed E-state index contributed by atoms with van der Waals surface area (Å²) in [4.78, 5) is 19.6. The number of hydrogen-bond donors (Lipinski definition) is 0. The summed E-state index contributed by atoms with van der Waals surface area (Å²) >= 11 is 2.93. The third-order valence-corrected chi connectivity index (χ3v) is 3.60. The van der Waals surface area contributed by atoms with Gasteiger partial charge in [0, 0.05) is 5.56 Å². The lowest BCUT2D eigenvalue weighted by Crippen LogP contribution is -2.09. The van der Waals surface area contributed by atoms with Gasteiger partial charge in [0.05, 0.1) is 11.9 Å². The maximum Gasteiger partial charge on any atom is 0.453 e. The first-order valence-corrected chi connectivity index (χ1v) is 7.41. The monoisotopic (exact) mass is 396 g/mol. The number of carbonyl (C=O) groups excluding carboxylic acids is 1. The number of rotatable bonds is 3. The normalized spacial score (nSPS) is 11.5. The number of nitrogens with zero attached hydrogens (tertiary/aromatic N) is 4. The maximum atomic E-state index is 12.6. The van der Waals surface area contributed by atoms with Crippen LogP contribution < -0.4 is 0 Å².